The molecule has 1 aromatic carbocycles. The van der Waals surface area contributed by atoms with Crippen LogP contribution in [0.1, 0.15) is 57.9 Å². The van der Waals surface area contributed by atoms with Gasteiger partial charge in [-0.25, -0.2) is 0 Å². The van der Waals surface area contributed by atoms with E-state index in [9.17, 15) is 10.2 Å². The fourth-order valence-corrected chi connectivity index (χ4v) is 4.13. The number of likely N-dealkylation sites (tertiary alicyclic amines) is 1. The lowest BCUT2D eigenvalue weighted by Crippen LogP contribution is -2.25. The van der Waals surface area contributed by atoms with Gasteiger partial charge in [0.05, 0.1) is 12.4 Å². The van der Waals surface area contributed by atoms with E-state index in [1.165, 1.54) is 25.0 Å². The standard InChI is InChI=1S/C29H41NO3/c1-4-5-6-7-12-25(13-10-22-31)29(26-16-18-28(32)19-17-26)15-8-11-24(2)33-23-20-27-14-9-21-30(27)3/h4-8,11,15-19,27,31-32H,9-10,12-14,20-23H2,1-3H3/b5-4-,7-6-,15-8+,24-11+,29-25-. The molecule has 1 aliphatic heterocycles. The van der Waals surface area contributed by atoms with E-state index < -0.39 is 0 Å². The van der Waals surface area contributed by atoms with Crippen molar-refractivity contribution in [3.8, 4) is 5.75 Å². The molecule has 1 aliphatic rings. The van der Waals surface area contributed by atoms with Crippen LogP contribution in [0.4, 0.5) is 0 Å². The molecule has 0 aromatic heterocycles. The van der Waals surface area contributed by atoms with E-state index in [0.717, 1.165) is 49.2 Å². The Bertz CT molecular complexity index is 846. The molecule has 1 fully saturated rings. The summed E-state index contributed by atoms with van der Waals surface area (Å²) in [5, 5.41) is 19.1. The summed E-state index contributed by atoms with van der Waals surface area (Å²) in [6.45, 7) is 6.09. The number of phenolic OH excluding ortho intramolecular Hbond substituents is 1. The summed E-state index contributed by atoms with van der Waals surface area (Å²) in [5.41, 5.74) is 3.42. The first kappa shape index (κ1) is 26.7. The highest BCUT2D eigenvalue weighted by Gasteiger charge is 2.20. The SMILES string of the molecule is C/C=C\C=C/C\C(CCCO)=C(/C=C/C=C(\C)OCCC1CCCN1C)c1ccc(O)cc1. The van der Waals surface area contributed by atoms with Crippen LogP contribution in [0.15, 0.2) is 78.1 Å². The first-order chi connectivity index (χ1) is 16.0. The van der Waals surface area contributed by atoms with E-state index >= 15 is 0 Å². The van der Waals surface area contributed by atoms with Crippen LogP contribution >= 0.6 is 0 Å². The van der Waals surface area contributed by atoms with Gasteiger partial charge >= 0.3 is 0 Å². The Morgan fingerprint density at radius 3 is 2.64 bits per heavy atom. The van der Waals surface area contributed by atoms with E-state index in [0.29, 0.717) is 6.04 Å². The van der Waals surface area contributed by atoms with Crippen molar-refractivity contribution in [1.29, 1.82) is 0 Å². The normalized spacial score (nSPS) is 18.7. The molecule has 0 aliphatic carbocycles. The Morgan fingerprint density at radius 2 is 1.97 bits per heavy atom. The summed E-state index contributed by atoms with van der Waals surface area (Å²) < 4.78 is 5.95. The number of phenols is 1. The number of allylic oxidation sites excluding steroid dienone is 10. The highest BCUT2D eigenvalue weighted by molar-refractivity contribution is 5.77. The van der Waals surface area contributed by atoms with Crippen molar-refractivity contribution in [3.63, 3.8) is 0 Å². The van der Waals surface area contributed by atoms with Crippen molar-refractivity contribution >= 4 is 5.57 Å². The van der Waals surface area contributed by atoms with Gasteiger partial charge in [-0.1, -0.05) is 54.2 Å². The van der Waals surface area contributed by atoms with Crippen LogP contribution in [0.5, 0.6) is 5.75 Å². The summed E-state index contributed by atoms with van der Waals surface area (Å²) in [7, 11) is 2.20. The van der Waals surface area contributed by atoms with Crippen molar-refractivity contribution in [2.45, 2.75) is 58.4 Å². The summed E-state index contributed by atoms with van der Waals surface area (Å²) in [5.74, 6) is 1.16. The quantitative estimate of drug-likeness (QED) is 0.269. The van der Waals surface area contributed by atoms with Gasteiger partial charge in [-0.05, 0) is 95.3 Å². The Balaban J connectivity index is 2.16. The maximum atomic E-state index is 9.73. The first-order valence-electron chi connectivity index (χ1n) is 12.1. The molecule has 1 heterocycles. The van der Waals surface area contributed by atoms with E-state index in [1.807, 2.05) is 50.3 Å². The lowest BCUT2D eigenvalue weighted by Gasteiger charge is -2.19. The molecular formula is C29H41NO3. The van der Waals surface area contributed by atoms with Crippen molar-refractivity contribution < 1.29 is 14.9 Å². The fourth-order valence-electron chi connectivity index (χ4n) is 4.13. The van der Waals surface area contributed by atoms with Crippen molar-refractivity contribution in [1.82, 2.24) is 4.90 Å². The fraction of sp³-hybridized carbons (Fsp3) is 0.448. The van der Waals surface area contributed by atoms with Crippen molar-refractivity contribution in [3.05, 3.63) is 83.7 Å². The Kier molecular flexibility index (Phi) is 12.4. The summed E-state index contributed by atoms with van der Waals surface area (Å²) in [6, 6.07) is 7.95. The molecule has 0 bridgehead atoms. The van der Waals surface area contributed by atoms with Crippen LogP contribution in [-0.2, 0) is 4.74 Å². The maximum absolute atomic E-state index is 9.73. The van der Waals surface area contributed by atoms with Gasteiger partial charge in [0, 0.05) is 12.6 Å². The Morgan fingerprint density at radius 1 is 1.18 bits per heavy atom. The number of aromatic hydroxyl groups is 1. The predicted octanol–water partition coefficient (Wildman–Crippen LogP) is 6.40. The summed E-state index contributed by atoms with van der Waals surface area (Å²) in [4.78, 5) is 2.43. The molecule has 1 saturated heterocycles. The minimum absolute atomic E-state index is 0.164. The van der Waals surface area contributed by atoms with Gasteiger partial charge < -0.3 is 19.8 Å². The molecule has 4 nitrogen and oxygen atoms in total. The topological polar surface area (TPSA) is 52.9 Å². The smallest absolute Gasteiger partial charge is 0.115 e. The predicted molar refractivity (Wildman–Crippen MR) is 139 cm³/mol. The molecule has 1 atom stereocenters. The van der Waals surface area contributed by atoms with Gasteiger partial charge in [-0.2, -0.15) is 0 Å². The molecule has 0 saturated carbocycles. The third-order valence-corrected chi connectivity index (χ3v) is 6.05. The molecular weight excluding hydrogens is 410 g/mol. The van der Waals surface area contributed by atoms with Gasteiger partial charge in [0.2, 0.25) is 0 Å². The van der Waals surface area contributed by atoms with Crippen LogP contribution in [0.3, 0.4) is 0 Å². The second kappa shape index (κ2) is 15.3. The molecule has 1 unspecified atom stereocenters. The Hall–Kier alpha value is -2.56. The lowest BCUT2D eigenvalue weighted by atomic mass is 9.93. The number of hydrogen-bond acceptors (Lipinski definition) is 4. The molecule has 1 aromatic rings. The molecule has 2 rings (SSSR count). The second-order valence-electron chi connectivity index (χ2n) is 8.60. The van der Waals surface area contributed by atoms with Crippen LogP contribution in [-0.4, -0.2) is 48.0 Å². The Labute approximate surface area is 200 Å². The number of rotatable bonds is 13. The van der Waals surface area contributed by atoms with Gasteiger partial charge in [-0.15, -0.1) is 0 Å². The summed E-state index contributed by atoms with van der Waals surface area (Å²) >= 11 is 0. The van der Waals surface area contributed by atoms with E-state index in [4.69, 9.17) is 4.74 Å². The lowest BCUT2D eigenvalue weighted by molar-refractivity contribution is 0.175. The zero-order chi connectivity index (χ0) is 23.9. The van der Waals surface area contributed by atoms with Gasteiger partial charge in [-0.3, -0.25) is 0 Å². The number of benzene rings is 1. The van der Waals surface area contributed by atoms with Crippen LogP contribution in [0, 0.1) is 0 Å². The maximum Gasteiger partial charge on any atom is 0.115 e. The highest BCUT2D eigenvalue weighted by Crippen LogP contribution is 2.28. The zero-order valence-electron chi connectivity index (χ0n) is 20.5. The average molecular weight is 452 g/mol. The van der Waals surface area contributed by atoms with Crippen LogP contribution < -0.4 is 0 Å². The van der Waals surface area contributed by atoms with E-state index in [2.05, 4.69) is 30.2 Å². The van der Waals surface area contributed by atoms with E-state index in [1.54, 1.807) is 12.1 Å². The molecule has 33 heavy (non-hydrogen) atoms. The number of hydrogen-bond donors (Lipinski definition) is 2. The first-order valence-corrected chi connectivity index (χ1v) is 12.1. The summed E-state index contributed by atoms with van der Waals surface area (Å²) in [6.07, 6.45) is 20.3. The molecule has 4 heteroatoms. The van der Waals surface area contributed by atoms with Gasteiger partial charge in [0.1, 0.15) is 5.75 Å². The minimum Gasteiger partial charge on any atom is -0.508 e. The van der Waals surface area contributed by atoms with Crippen molar-refractivity contribution in [2.24, 2.45) is 0 Å². The third kappa shape index (κ3) is 9.85. The molecule has 0 radical (unpaired) electrons. The van der Waals surface area contributed by atoms with E-state index in [-0.39, 0.29) is 12.4 Å². The number of aliphatic hydroxyl groups excluding tert-OH is 1. The van der Waals surface area contributed by atoms with Gasteiger partial charge in [0.15, 0.2) is 0 Å². The van der Waals surface area contributed by atoms with Crippen LogP contribution in [0.2, 0.25) is 0 Å². The molecule has 2 N–H and O–H groups in total. The minimum atomic E-state index is 0.164. The number of nitrogens with zero attached hydrogens (tertiary/aromatic N) is 1. The van der Waals surface area contributed by atoms with Crippen LogP contribution in [0.25, 0.3) is 5.57 Å². The third-order valence-electron chi connectivity index (χ3n) is 6.05. The molecule has 180 valence electrons. The highest BCUT2D eigenvalue weighted by atomic mass is 16.5. The monoisotopic (exact) mass is 451 g/mol. The second-order valence-corrected chi connectivity index (χ2v) is 8.60. The number of ether oxygens (including phenoxy) is 1. The number of aliphatic hydroxyl groups is 1. The molecule has 0 amide bonds. The van der Waals surface area contributed by atoms with Crippen molar-refractivity contribution in [2.75, 3.05) is 26.8 Å². The molecule has 0 spiro atoms. The zero-order valence-corrected chi connectivity index (χ0v) is 20.5. The average Bonchev–Trinajstić information content (AvgIpc) is 3.22. The largest absolute Gasteiger partial charge is 0.508 e. The van der Waals surface area contributed by atoms with Gasteiger partial charge in [0.25, 0.3) is 0 Å².